The molecule has 0 bridgehead atoms. The Bertz CT molecular complexity index is 415. The zero-order valence-electron chi connectivity index (χ0n) is 7.66. The van der Waals surface area contributed by atoms with Crippen LogP contribution < -0.4 is 5.32 Å². The first kappa shape index (κ1) is 9.81. The monoisotopic (exact) mass is 229 g/mol. The van der Waals surface area contributed by atoms with Crippen LogP contribution in [0.4, 0.5) is 5.69 Å². The van der Waals surface area contributed by atoms with E-state index in [1.54, 1.807) is 0 Å². The minimum Gasteiger partial charge on any atom is -0.325 e. The number of hydrogen-bond donors (Lipinski definition) is 1. The van der Waals surface area contributed by atoms with Gasteiger partial charge in [-0.1, -0.05) is 23.2 Å². The van der Waals surface area contributed by atoms with Crippen LogP contribution in [0.2, 0.25) is 10.0 Å². The second-order valence-corrected chi connectivity index (χ2v) is 4.16. The summed E-state index contributed by atoms with van der Waals surface area (Å²) < 4.78 is 0. The lowest BCUT2D eigenvalue weighted by molar-refractivity contribution is -0.116. The molecule has 1 aliphatic rings. The molecule has 0 radical (unpaired) electrons. The molecule has 14 heavy (non-hydrogen) atoms. The van der Waals surface area contributed by atoms with Gasteiger partial charge in [-0.05, 0) is 30.5 Å². The minimum atomic E-state index is 0.0149. The van der Waals surface area contributed by atoms with Gasteiger partial charge in [-0.3, -0.25) is 4.79 Å². The van der Waals surface area contributed by atoms with Gasteiger partial charge < -0.3 is 5.32 Å². The van der Waals surface area contributed by atoms with E-state index >= 15 is 0 Å². The summed E-state index contributed by atoms with van der Waals surface area (Å²) >= 11 is 12.1. The molecule has 0 unspecified atom stereocenters. The molecule has 74 valence electrons. The van der Waals surface area contributed by atoms with Crippen LogP contribution in [-0.4, -0.2) is 5.91 Å². The second-order valence-electron chi connectivity index (χ2n) is 3.38. The lowest BCUT2D eigenvalue weighted by atomic mass is 10.0. The van der Waals surface area contributed by atoms with Gasteiger partial charge in [0.2, 0.25) is 5.91 Å². The van der Waals surface area contributed by atoms with Gasteiger partial charge >= 0.3 is 0 Å². The number of benzene rings is 1. The highest BCUT2D eigenvalue weighted by Crippen LogP contribution is 2.36. The highest BCUT2D eigenvalue weighted by atomic mass is 35.5. The Morgan fingerprint density at radius 2 is 2.07 bits per heavy atom. The molecule has 0 saturated heterocycles. The normalized spacial score (nSPS) is 14.9. The van der Waals surface area contributed by atoms with Crippen LogP contribution in [0.5, 0.6) is 0 Å². The summed E-state index contributed by atoms with van der Waals surface area (Å²) in [6, 6.07) is 1.87. The molecular formula is C10H9Cl2NO. The minimum absolute atomic E-state index is 0.0149. The third kappa shape index (κ3) is 1.49. The molecule has 1 aliphatic heterocycles. The Labute approximate surface area is 92.2 Å². The summed E-state index contributed by atoms with van der Waals surface area (Å²) in [4.78, 5) is 11.2. The summed E-state index contributed by atoms with van der Waals surface area (Å²) in [5.41, 5.74) is 2.56. The third-order valence-electron chi connectivity index (χ3n) is 2.41. The molecule has 0 atom stereocenters. The zero-order chi connectivity index (χ0) is 10.3. The van der Waals surface area contributed by atoms with Crippen molar-refractivity contribution in [3.8, 4) is 0 Å². The first-order chi connectivity index (χ1) is 6.59. The van der Waals surface area contributed by atoms with Gasteiger partial charge in [0.1, 0.15) is 0 Å². The number of halogens is 2. The zero-order valence-corrected chi connectivity index (χ0v) is 9.17. The lowest BCUT2D eigenvalue weighted by Crippen LogP contribution is -2.19. The SMILES string of the molecule is Cc1c(Cl)cc2c(c1Cl)NC(=O)CC2. The molecule has 4 heteroatoms. The van der Waals surface area contributed by atoms with E-state index in [2.05, 4.69) is 5.32 Å². The molecular weight excluding hydrogens is 221 g/mol. The molecule has 1 aromatic carbocycles. The number of carbonyl (C=O) groups is 1. The lowest BCUT2D eigenvalue weighted by Gasteiger charge is -2.19. The van der Waals surface area contributed by atoms with E-state index in [0.29, 0.717) is 22.9 Å². The maximum atomic E-state index is 11.2. The van der Waals surface area contributed by atoms with Crippen molar-refractivity contribution >= 4 is 34.8 Å². The molecule has 2 nitrogen and oxygen atoms in total. The van der Waals surface area contributed by atoms with E-state index in [1.165, 1.54) is 0 Å². The van der Waals surface area contributed by atoms with Crippen molar-refractivity contribution in [3.63, 3.8) is 0 Å². The number of fused-ring (bicyclic) bond motifs is 1. The number of nitrogens with one attached hydrogen (secondary N) is 1. The summed E-state index contributed by atoms with van der Waals surface area (Å²) in [5.74, 6) is 0.0149. The first-order valence-electron chi connectivity index (χ1n) is 4.37. The van der Waals surface area contributed by atoms with Gasteiger partial charge in [0.15, 0.2) is 0 Å². The standard InChI is InChI=1S/C10H9Cl2NO/c1-5-7(11)4-6-2-3-8(14)13-10(6)9(5)12/h4H,2-3H2,1H3,(H,13,14). The van der Waals surface area contributed by atoms with E-state index in [9.17, 15) is 4.79 Å². The van der Waals surface area contributed by atoms with Crippen molar-refractivity contribution in [1.82, 2.24) is 0 Å². The molecule has 0 spiro atoms. The van der Waals surface area contributed by atoms with E-state index in [-0.39, 0.29) is 5.91 Å². The largest absolute Gasteiger partial charge is 0.325 e. The Hall–Kier alpha value is -0.730. The first-order valence-corrected chi connectivity index (χ1v) is 5.12. The number of anilines is 1. The van der Waals surface area contributed by atoms with Crippen LogP contribution in [-0.2, 0) is 11.2 Å². The van der Waals surface area contributed by atoms with E-state index in [1.807, 2.05) is 13.0 Å². The van der Waals surface area contributed by atoms with Crippen LogP contribution in [0.25, 0.3) is 0 Å². The maximum Gasteiger partial charge on any atom is 0.224 e. The van der Waals surface area contributed by atoms with Crippen molar-refractivity contribution in [3.05, 3.63) is 27.2 Å². The van der Waals surface area contributed by atoms with Gasteiger partial charge in [0.05, 0.1) is 10.7 Å². The Balaban J connectivity index is 2.60. The van der Waals surface area contributed by atoms with Gasteiger partial charge in [-0.25, -0.2) is 0 Å². The molecule has 1 heterocycles. The topological polar surface area (TPSA) is 29.1 Å². The quantitative estimate of drug-likeness (QED) is 0.728. The fourth-order valence-electron chi connectivity index (χ4n) is 1.55. The highest BCUT2D eigenvalue weighted by molar-refractivity contribution is 6.38. The summed E-state index contributed by atoms with van der Waals surface area (Å²) in [6.45, 7) is 1.84. The fraction of sp³-hybridized carbons (Fsp3) is 0.300. The Morgan fingerprint density at radius 1 is 1.36 bits per heavy atom. The average Bonchev–Trinajstić information content (AvgIpc) is 2.16. The summed E-state index contributed by atoms with van der Waals surface area (Å²) in [7, 11) is 0. The molecule has 1 N–H and O–H groups in total. The number of rotatable bonds is 0. The fourth-order valence-corrected chi connectivity index (χ4v) is 2.09. The number of hydrogen-bond acceptors (Lipinski definition) is 1. The summed E-state index contributed by atoms with van der Waals surface area (Å²) in [5, 5.41) is 3.98. The van der Waals surface area contributed by atoms with Crippen LogP contribution in [0.3, 0.4) is 0 Å². The molecule has 0 saturated carbocycles. The molecule has 0 aliphatic carbocycles. The van der Waals surface area contributed by atoms with Crippen molar-refractivity contribution < 1.29 is 4.79 Å². The smallest absolute Gasteiger partial charge is 0.224 e. The van der Waals surface area contributed by atoms with Crippen LogP contribution in [0, 0.1) is 6.92 Å². The molecule has 0 fully saturated rings. The number of amides is 1. The molecule has 1 amide bonds. The number of carbonyl (C=O) groups excluding carboxylic acids is 1. The van der Waals surface area contributed by atoms with E-state index in [4.69, 9.17) is 23.2 Å². The van der Waals surface area contributed by atoms with Gasteiger partial charge in [0.25, 0.3) is 0 Å². The van der Waals surface area contributed by atoms with Crippen molar-refractivity contribution in [1.29, 1.82) is 0 Å². The average molecular weight is 230 g/mol. The predicted molar refractivity (Wildman–Crippen MR) is 58.1 cm³/mol. The van der Waals surface area contributed by atoms with Crippen molar-refractivity contribution in [2.45, 2.75) is 19.8 Å². The molecule has 2 rings (SSSR count). The Morgan fingerprint density at radius 3 is 2.79 bits per heavy atom. The predicted octanol–water partition coefficient (Wildman–Crippen LogP) is 3.19. The van der Waals surface area contributed by atoms with Gasteiger partial charge in [-0.15, -0.1) is 0 Å². The second kappa shape index (κ2) is 3.44. The van der Waals surface area contributed by atoms with E-state index < -0.39 is 0 Å². The van der Waals surface area contributed by atoms with Crippen LogP contribution in [0.1, 0.15) is 17.5 Å². The van der Waals surface area contributed by atoms with Crippen LogP contribution >= 0.6 is 23.2 Å². The van der Waals surface area contributed by atoms with Gasteiger partial charge in [0, 0.05) is 11.4 Å². The van der Waals surface area contributed by atoms with E-state index in [0.717, 1.165) is 16.8 Å². The van der Waals surface area contributed by atoms with Crippen molar-refractivity contribution in [2.75, 3.05) is 5.32 Å². The maximum absolute atomic E-state index is 11.2. The summed E-state index contributed by atoms with van der Waals surface area (Å²) in [6.07, 6.45) is 1.21. The number of aryl methyl sites for hydroxylation is 1. The third-order valence-corrected chi connectivity index (χ3v) is 3.28. The van der Waals surface area contributed by atoms with Gasteiger partial charge in [-0.2, -0.15) is 0 Å². The van der Waals surface area contributed by atoms with Crippen LogP contribution in [0.15, 0.2) is 6.07 Å². The molecule has 0 aromatic heterocycles. The molecule has 1 aromatic rings. The highest BCUT2D eigenvalue weighted by Gasteiger charge is 2.19. The Kier molecular flexibility index (Phi) is 2.41. The van der Waals surface area contributed by atoms with Crippen molar-refractivity contribution in [2.24, 2.45) is 0 Å².